The van der Waals surface area contributed by atoms with Gasteiger partial charge in [-0.15, -0.1) is 11.3 Å². The van der Waals surface area contributed by atoms with Gasteiger partial charge in [0.2, 0.25) is 5.91 Å². The van der Waals surface area contributed by atoms with Crippen molar-refractivity contribution in [2.24, 2.45) is 0 Å². The number of para-hydroxylation sites is 1. The Morgan fingerprint density at radius 3 is 3.14 bits per heavy atom. The number of nitrogens with zero attached hydrogens (tertiary/aromatic N) is 1. The molecule has 0 bridgehead atoms. The Morgan fingerprint density at radius 2 is 2.33 bits per heavy atom. The lowest BCUT2D eigenvalue weighted by Crippen LogP contribution is -3.14. The van der Waals surface area contributed by atoms with E-state index in [0.29, 0.717) is 5.92 Å². The molecule has 1 amide bonds. The Hall–Kier alpha value is -1.46. The summed E-state index contributed by atoms with van der Waals surface area (Å²) >= 11 is 1.84. The molecule has 1 unspecified atom stereocenters. The Kier molecular flexibility index (Phi) is 4.51. The number of likely N-dealkylation sites (tertiary alicyclic amines) is 1. The number of thiazole rings is 1. The maximum absolute atomic E-state index is 10.9. The van der Waals surface area contributed by atoms with E-state index in [1.165, 1.54) is 29.1 Å². The van der Waals surface area contributed by atoms with E-state index in [9.17, 15) is 4.79 Å². The molecule has 2 heterocycles. The molecule has 1 aliphatic heterocycles. The number of fused-ring (bicyclic) bond motifs is 1. The van der Waals surface area contributed by atoms with Crippen molar-refractivity contribution in [3.8, 4) is 0 Å². The number of rotatable bonds is 4. The second kappa shape index (κ2) is 6.54. The molecule has 112 valence electrons. The lowest BCUT2D eigenvalue weighted by molar-refractivity contribution is -0.905. The zero-order valence-electron chi connectivity index (χ0n) is 12.4. The third-order valence-corrected chi connectivity index (χ3v) is 5.33. The fourth-order valence-electron chi connectivity index (χ4n) is 3.07. The van der Waals surface area contributed by atoms with Crippen LogP contribution in [-0.2, 0) is 4.79 Å². The van der Waals surface area contributed by atoms with Gasteiger partial charge < -0.3 is 10.2 Å². The van der Waals surface area contributed by atoms with Crippen LogP contribution in [0.3, 0.4) is 0 Å². The monoisotopic (exact) mass is 304 g/mol. The fourth-order valence-corrected chi connectivity index (χ4v) is 4.17. The summed E-state index contributed by atoms with van der Waals surface area (Å²) in [5, 5.41) is 4.18. The summed E-state index contributed by atoms with van der Waals surface area (Å²) in [6, 6.07) is 8.38. The Morgan fingerprint density at radius 1 is 1.48 bits per heavy atom. The van der Waals surface area contributed by atoms with E-state index in [0.717, 1.165) is 25.2 Å². The highest BCUT2D eigenvalue weighted by atomic mass is 32.1. The summed E-state index contributed by atoms with van der Waals surface area (Å²) in [6.07, 6.45) is 2.49. The molecular formula is C16H22N3OS+. The largest absolute Gasteiger partial charge is 0.351 e. The SMILES string of the molecule is CC(=O)NCC[NH+]1CCC[C@H](c2nc3ccccc3s2)C1. The Balaban J connectivity index is 1.63. The summed E-state index contributed by atoms with van der Waals surface area (Å²) in [5.74, 6) is 0.637. The summed E-state index contributed by atoms with van der Waals surface area (Å²) in [6.45, 7) is 5.72. The molecule has 1 aliphatic rings. The first kappa shape index (κ1) is 14.5. The fraction of sp³-hybridized carbons (Fsp3) is 0.500. The van der Waals surface area contributed by atoms with E-state index in [-0.39, 0.29) is 5.91 Å². The molecule has 2 atom stereocenters. The number of amides is 1. The number of nitrogens with one attached hydrogen (secondary N) is 2. The molecule has 1 aromatic heterocycles. The van der Waals surface area contributed by atoms with E-state index >= 15 is 0 Å². The van der Waals surface area contributed by atoms with Gasteiger partial charge >= 0.3 is 0 Å². The highest BCUT2D eigenvalue weighted by molar-refractivity contribution is 7.18. The van der Waals surface area contributed by atoms with Crippen LogP contribution < -0.4 is 10.2 Å². The van der Waals surface area contributed by atoms with Crippen molar-refractivity contribution in [2.75, 3.05) is 26.2 Å². The topological polar surface area (TPSA) is 46.4 Å². The van der Waals surface area contributed by atoms with Crippen molar-refractivity contribution in [3.05, 3.63) is 29.3 Å². The van der Waals surface area contributed by atoms with Gasteiger partial charge in [-0.2, -0.15) is 0 Å². The van der Waals surface area contributed by atoms with Gasteiger partial charge in [0.15, 0.2) is 0 Å². The molecule has 0 radical (unpaired) electrons. The summed E-state index contributed by atoms with van der Waals surface area (Å²) in [7, 11) is 0. The van der Waals surface area contributed by atoms with Crippen LogP contribution in [0.5, 0.6) is 0 Å². The van der Waals surface area contributed by atoms with Crippen LogP contribution in [0.25, 0.3) is 10.2 Å². The molecule has 2 aromatic rings. The minimum atomic E-state index is 0.0640. The number of carbonyl (C=O) groups is 1. The summed E-state index contributed by atoms with van der Waals surface area (Å²) < 4.78 is 1.29. The molecule has 1 saturated heterocycles. The molecule has 0 spiro atoms. The normalized spacial score (nSPS) is 22.3. The number of quaternary nitrogens is 1. The van der Waals surface area contributed by atoms with Crippen molar-refractivity contribution in [1.29, 1.82) is 0 Å². The van der Waals surface area contributed by atoms with Crippen LogP contribution >= 0.6 is 11.3 Å². The van der Waals surface area contributed by atoms with Crippen LogP contribution in [-0.4, -0.2) is 37.1 Å². The zero-order valence-corrected chi connectivity index (χ0v) is 13.2. The van der Waals surface area contributed by atoms with Gasteiger partial charge in [0.1, 0.15) is 5.01 Å². The van der Waals surface area contributed by atoms with Crippen LogP contribution in [0.1, 0.15) is 30.7 Å². The molecule has 3 rings (SSSR count). The third kappa shape index (κ3) is 3.60. The lowest BCUT2D eigenvalue weighted by Gasteiger charge is -2.28. The maximum Gasteiger partial charge on any atom is 0.217 e. The quantitative estimate of drug-likeness (QED) is 0.891. The number of hydrogen-bond acceptors (Lipinski definition) is 3. The van der Waals surface area contributed by atoms with Gasteiger partial charge in [0, 0.05) is 6.92 Å². The van der Waals surface area contributed by atoms with Crippen molar-refractivity contribution >= 4 is 27.5 Å². The van der Waals surface area contributed by atoms with Crippen LogP contribution in [0.15, 0.2) is 24.3 Å². The number of carbonyl (C=O) groups excluding carboxylic acids is 1. The molecule has 0 saturated carbocycles. The molecular weight excluding hydrogens is 282 g/mol. The van der Waals surface area contributed by atoms with Crippen molar-refractivity contribution in [1.82, 2.24) is 10.3 Å². The first-order valence-electron chi connectivity index (χ1n) is 7.66. The van der Waals surface area contributed by atoms with E-state index in [2.05, 4.69) is 29.6 Å². The van der Waals surface area contributed by atoms with Gasteiger partial charge in [-0.25, -0.2) is 4.98 Å². The number of aromatic nitrogens is 1. The van der Waals surface area contributed by atoms with Gasteiger partial charge in [-0.3, -0.25) is 4.79 Å². The van der Waals surface area contributed by atoms with Crippen LogP contribution in [0.4, 0.5) is 0 Å². The van der Waals surface area contributed by atoms with Gasteiger partial charge in [-0.05, 0) is 25.0 Å². The Bertz CT molecular complexity index is 592. The van der Waals surface area contributed by atoms with Gasteiger partial charge in [0.05, 0.1) is 42.3 Å². The highest BCUT2D eigenvalue weighted by Gasteiger charge is 2.26. The summed E-state index contributed by atoms with van der Waals surface area (Å²) in [5.41, 5.74) is 1.13. The van der Waals surface area contributed by atoms with E-state index in [1.54, 1.807) is 11.8 Å². The minimum Gasteiger partial charge on any atom is -0.351 e. The average Bonchev–Trinajstić information content (AvgIpc) is 2.91. The second-order valence-corrected chi connectivity index (χ2v) is 6.86. The van der Waals surface area contributed by atoms with E-state index in [4.69, 9.17) is 4.98 Å². The molecule has 4 nitrogen and oxygen atoms in total. The standard InChI is InChI=1S/C16H21N3OS/c1-12(20)17-8-10-19-9-4-5-13(11-19)16-18-14-6-2-3-7-15(14)21-16/h2-3,6-7,13H,4-5,8-11H2,1H3,(H,17,20)/p+1/t13-/m0/s1. The van der Waals surface area contributed by atoms with Crippen molar-refractivity contribution < 1.29 is 9.69 Å². The Labute approximate surface area is 129 Å². The second-order valence-electron chi connectivity index (χ2n) is 5.80. The minimum absolute atomic E-state index is 0.0640. The number of benzene rings is 1. The van der Waals surface area contributed by atoms with Crippen LogP contribution in [0.2, 0.25) is 0 Å². The predicted octanol–water partition coefficient (Wildman–Crippen LogP) is 1.19. The summed E-state index contributed by atoms with van der Waals surface area (Å²) in [4.78, 5) is 17.3. The van der Waals surface area contributed by atoms with Gasteiger partial charge in [-0.1, -0.05) is 12.1 Å². The molecule has 21 heavy (non-hydrogen) atoms. The first-order chi connectivity index (χ1) is 10.2. The highest BCUT2D eigenvalue weighted by Crippen LogP contribution is 2.30. The van der Waals surface area contributed by atoms with Crippen molar-refractivity contribution in [2.45, 2.75) is 25.7 Å². The smallest absolute Gasteiger partial charge is 0.217 e. The number of piperidine rings is 1. The predicted molar refractivity (Wildman–Crippen MR) is 85.8 cm³/mol. The van der Waals surface area contributed by atoms with E-state index < -0.39 is 0 Å². The maximum atomic E-state index is 10.9. The van der Waals surface area contributed by atoms with Crippen molar-refractivity contribution in [3.63, 3.8) is 0 Å². The molecule has 1 aromatic carbocycles. The molecule has 5 heteroatoms. The lowest BCUT2D eigenvalue weighted by atomic mass is 9.99. The molecule has 0 aliphatic carbocycles. The van der Waals surface area contributed by atoms with Crippen LogP contribution in [0, 0.1) is 0 Å². The molecule has 2 N–H and O–H groups in total. The van der Waals surface area contributed by atoms with Gasteiger partial charge in [0.25, 0.3) is 0 Å². The first-order valence-corrected chi connectivity index (χ1v) is 8.47. The van der Waals surface area contributed by atoms with E-state index in [1.807, 2.05) is 11.3 Å². The third-order valence-electron chi connectivity index (χ3n) is 4.13. The zero-order chi connectivity index (χ0) is 14.7. The number of hydrogen-bond donors (Lipinski definition) is 2. The molecule has 1 fully saturated rings. The average molecular weight is 304 g/mol.